The predicted molar refractivity (Wildman–Crippen MR) is 69.7 cm³/mol. The average Bonchev–Trinajstić information content (AvgIpc) is 3.08. The van der Waals surface area contributed by atoms with Gasteiger partial charge in [-0.2, -0.15) is 16.7 Å². The van der Waals surface area contributed by atoms with Crippen molar-refractivity contribution in [2.24, 2.45) is 0 Å². The van der Waals surface area contributed by atoms with E-state index in [0.29, 0.717) is 17.8 Å². The summed E-state index contributed by atoms with van der Waals surface area (Å²) in [5, 5.41) is 7.46. The molecule has 3 rings (SSSR count). The first kappa shape index (κ1) is 12.4. The first-order chi connectivity index (χ1) is 8.73. The molecule has 0 bridgehead atoms. The van der Waals surface area contributed by atoms with Gasteiger partial charge >= 0.3 is 0 Å². The highest BCUT2D eigenvalue weighted by Gasteiger charge is 2.39. The Morgan fingerprint density at radius 2 is 2.33 bits per heavy atom. The summed E-state index contributed by atoms with van der Waals surface area (Å²) in [6.07, 6.45) is 2.04. The summed E-state index contributed by atoms with van der Waals surface area (Å²) in [5.41, 5.74) is -0.345. The van der Waals surface area contributed by atoms with Crippen molar-refractivity contribution in [3.05, 3.63) is 11.7 Å². The fourth-order valence-electron chi connectivity index (χ4n) is 2.64. The van der Waals surface area contributed by atoms with Crippen LogP contribution in [0.2, 0.25) is 0 Å². The van der Waals surface area contributed by atoms with Crippen LogP contribution in [0, 0.1) is 0 Å². The van der Waals surface area contributed by atoms with Gasteiger partial charge in [0.05, 0.1) is 5.92 Å². The van der Waals surface area contributed by atoms with E-state index in [4.69, 9.17) is 9.26 Å². The number of hydrogen-bond donors (Lipinski definition) is 1. The normalized spacial score (nSPS) is 36.3. The van der Waals surface area contributed by atoms with E-state index >= 15 is 0 Å². The van der Waals surface area contributed by atoms with Crippen LogP contribution < -0.4 is 5.32 Å². The average molecular weight is 269 g/mol. The standard InChI is InChI=1S/C12H19N3O2S/c1-12(4-3-5-16-12)11-14-10(17-15-11)8-6-18-7-9(8)13-2/h8-9,13H,3-7H2,1-2H3. The van der Waals surface area contributed by atoms with Crippen LogP contribution in [0.5, 0.6) is 0 Å². The molecule has 1 aromatic rings. The van der Waals surface area contributed by atoms with Crippen LogP contribution in [-0.2, 0) is 10.3 Å². The maximum absolute atomic E-state index is 5.75. The summed E-state index contributed by atoms with van der Waals surface area (Å²) in [6, 6.07) is 0.431. The number of nitrogens with one attached hydrogen (secondary N) is 1. The minimum absolute atomic E-state index is 0.325. The summed E-state index contributed by atoms with van der Waals surface area (Å²) in [6.45, 7) is 2.84. The molecule has 0 aliphatic carbocycles. The maximum atomic E-state index is 5.75. The molecule has 2 aliphatic rings. The van der Waals surface area contributed by atoms with Gasteiger partial charge in [0, 0.05) is 24.2 Å². The second-order valence-corrected chi connectivity index (χ2v) is 6.25. The third kappa shape index (κ3) is 2.06. The molecule has 18 heavy (non-hydrogen) atoms. The molecule has 2 saturated heterocycles. The van der Waals surface area contributed by atoms with Gasteiger partial charge in [0.15, 0.2) is 0 Å². The molecule has 0 saturated carbocycles. The number of nitrogens with zero attached hydrogens (tertiary/aromatic N) is 2. The van der Waals surface area contributed by atoms with E-state index in [2.05, 4.69) is 15.5 Å². The summed E-state index contributed by atoms with van der Waals surface area (Å²) in [5.74, 6) is 3.94. The number of aromatic nitrogens is 2. The molecule has 0 amide bonds. The number of likely N-dealkylation sites (N-methyl/N-ethyl adjacent to an activating group) is 1. The predicted octanol–water partition coefficient (Wildman–Crippen LogP) is 1.51. The summed E-state index contributed by atoms with van der Waals surface area (Å²) in [4.78, 5) is 4.59. The number of ether oxygens (including phenoxy) is 1. The number of hydrogen-bond acceptors (Lipinski definition) is 6. The second kappa shape index (κ2) is 4.83. The van der Waals surface area contributed by atoms with E-state index in [-0.39, 0.29) is 5.60 Å². The lowest BCUT2D eigenvalue weighted by Gasteiger charge is -2.18. The van der Waals surface area contributed by atoms with Gasteiger partial charge in [-0.3, -0.25) is 0 Å². The Balaban J connectivity index is 1.81. The monoisotopic (exact) mass is 269 g/mol. The van der Waals surface area contributed by atoms with E-state index in [9.17, 15) is 0 Å². The van der Waals surface area contributed by atoms with Gasteiger partial charge in [0.1, 0.15) is 5.60 Å². The smallest absolute Gasteiger partial charge is 0.232 e. The van der Waals surface area contributed by atoms with E-state index in [1.807, 2.05) is 25.7 Å². The van der Waals surface area contributed by atoms with Gasteiger partial charge in [0.25, 0.3) is 0 Å². The van der Waals surface area contributed by atoms with Gasteiger partial charge < -0.3 is 14.6 Å². The van der Waals surface area contributed by atoms with E-state index < -0.39 is 0 Å². The minimum Gasteiger partial charge on any atom is -0.367 e. The fourth-order valence-corrected chi connectivity index (χ4v) is 4.06. The first-order valence-corrected chi connectivity index (χ1v) is 7.61. The molecular formula is C12H19N3O2S. The van der Waals surface area contributed by atoms with Crippen LogP contribution in [0.1, 0.15) is 37.4 Å². The van der Waals surface area contributed by atoms with Gasteiger partial charge in [-0.25, -0.2) is 0 Å². The van der Waals surface area contributed by atoms with Crippen molar-refractivity contribution in [2.45, 2.75) is 37.3 Å². The first-order valence-electron chi connectivity index (χ1n) is 6.46. The topological polar surface area (TPSA) is 60.2 Å². The Morgan fingerprint density at radius 1 is 1.44 bits per heavy atom. The molecule has 3 heterocycles. The zero-order valence-corrected chi connectivity index (χ0v) is 11.6. The molecule has 0 spiro atoms. The zero-order chi connectivity index (χ0) is 12.6. The Hall–Kier alpha value is -0.590. The van der Waals surface area contributed by atoms with E-state index in [0.717, 1.165) is 36.8 Å². The summed E-state index contributed by atoms with van der Waals surface area (Å²) >= 11 is 1.93. The molecule has 0 radical (unpaired) electrons. The Labute approximate surface area is 111 Å². The Bertz CT molecular complexity index is 417. The Morgan fingerprint density at radius 3 is 3.06 bits per heavy atom. The molecule has 1 N–H and O–H groups in total. The van der Waals surface area contributed by atoms with Gasteiger partial charge in [0.2, 0.25) is 11.7 Å². The lowest BCUT2D eigenvalue weighted by atomic mass is 10.0. The van der Waals surface area contributed by atoms with Crippen LogP contribution in [0.3, 0.4) is 0 Å². The van der Waals surface area contributed by atoms with Crippen molar-refractivity contribution in [1.29, 1.82) is 0 Å². The van der Waals surface area contributed by atoms with Gasteiger partial charge in [-0.1, -0.05) is 5.16 Å². The third-order valence-corrected chi connectivity index (χ3v) is 5.09. The minimum atomic E-state index is -0.345. The van der Waals surface area contributed by atoms with Crippen molar-refractivity contribution in [3.8, 4) is 0 Å². The van der Waals surface area contributed by atoms with E-state index in [1.54, 1.807) is 0 Å². The number of thioether (sulfide) groups is 1. The highest BCUT2D eigenvalue weighted by atomic mass is 32.2. The molecule has 1 aromatic heterocycles. The SMILES string of the molecule is CNC1CSCC1c1nc(C2(C)CCCO2)no1. The molecule has 3 atom stereocenters. The van der Waals surface area contributed by atoms with Gasteiger partial charge in [-0.05, 0) is 26.8 Å². The maximum Gasteiger partial charge on any atom is 0.232 e. The summed E-state index contributed by atoms with van der Waals surface area (Å²) < 4.78 is 11.2. The second-order valence-electron chi connectivity index (χ2n) is 5.18. The van der Waals surface area contributed by atoms with Crippen LogP contribution >= 0.6 is 11.8 Å². The lowest BCUT2D eigenvalue weighted by Crippen LogP contribution is -2.31. The Kier molecular flexibility index (Phi) is 3.34. The number of rotatable bonds is 3. The molecule has 2 fully saturated rings. The van der Waals surface area contributed by atoms with Crippen LogP contribution in [0.15, 0.2) is 4.52 Å². The molecular weight excluding hydrogens is 250 g/mol. The van der Waals surface area contributed by atoms with Crippen molar-refractivity contribution in [3.63, 3.8) is 0 Å². The highest BCUT2D eigenvalue weighted by Crippen LogP contribution is 2.36. The quantitative estimate of drug-likeness (QED) is 0.897. The fraction of sp³-hybridized carbons (Fsp3) is 0.833. The molecule has 2 aliphatic heterocycles. The van der Waals surface area contributed by atoms with Crippen LogP contribution in [0.4, 0.5) is 0 Å². The van der Waals surface area contributed by atoms with Crippen molar-refractivity contribution < 1.29 is 9.26 Å². The van der Waals surface area contributed by atoms with Crippen LogP contribution in [0.25, 0.3) is 0 Å². The molecule has 0 aromatic carbocycles. The van der Waals surface area contributed by atoms with Crippen molar-refractivity contribution >= 4 is 11.8 Å². The lowest BCUT2D eigenvalue weighted by molar-refractivity contribution is 0.00768. The van der Waals surface area contributed by atoms with E-state index in [1.165, 1.54) is 0 Å². The zero-order valence-electron chi connectivity index (χ0n) is 10.8. The molecule has 5 nitrogen and oxygen atoms in total. The molecule has 6 heteroatoms. The third-order valence-electron chi connectivity index (χ3n) is 3.90. The van der Waals surface area contributed by atoms with Gasteiger partial charge in [-0.15, -0.1) is 0 Å². The van der Waals surface area contributed by atoms with Crippen molar-refractivity contribution in [2.75, 3.05) is 25.2 Å². The van der Waals surface area contributed by atoms with Crippen LogP contribution in [-0.4, -0.2) is 41.3 Å². The van der Waals surface area contributed by atoms with Crippen molar-refractivity contribution in [1.82, 2.24) is 15.5 Å². The molecule has 3 unspecified atom stereocenters. The molecule has 100 valence electrons. The summed E-state index contributed by atoms with van der Waals surface area (Å²) in [7, 11) is 1.99. The largest absolute Gasteiger partial charge is 0.367 e. The highest BCUT2D eigenvalue weighted by molar-refractivity contribution is 7.99.